The Bertz CT molecular complexity index is 1460. The number of carbonyl (C=O) groups excluding carboxylic acids is 3. The maximum atomic E-state index is 14.0. The molecule has 12 nitrogen and oxygen atoms in total. The van der Waals surface area contributed by atoms with Crippen LogP contribution in [0.2, 0.25) is 0 Å². The summed E-state index contributed by atoms with van der Waals surface area (Å²) in [5, 5.41) is 6.32. The lowest BCUT2D eigenvalue weighted by atomic mass is 9.91. The van der Waals surface area contributed by atoms with Crippen molar-refractivity contribution in [2.24, 2.45) is 5.11 Å². The zero-order chi connectivity index (χ0) is 31.6. The minimum absolute atomic E-state index is 0.180. The molecule has 226 valence electrons. The first-order chi connectivity index (χ1) is 19.4. The van der Waals surface area contributed by atoms with Gasteiger partial charge in [0.25, 0.3) is 5.56 Å². The monoisotopic (exact) mass is 583 g/mol. The minimum atomic E-state index is -1.28. The number of nitrogens with zero attached hydrogens (tertiary/aromatic N) is 5. The number of halogens is 1. The zero-order valence-corrected chi connectivity index (χ0v) is 25.2. The molecule has 0 saturated carbocycles. The van der Waals surface area contributed by atoms with E-state index in [4.69, 9.17) is 10.3 Å². The Labute approximate surface area is 243 Å². The van der Waals surface area contributed by atoms with Crippen LogP contribution in [0.5, 0.6) is 0 Å². The fraction of sp³-hybridized carbons (Fsp3) is 0.517. The number of nitrogens with one attached hydrogen (secondary N) is 2. The van der Waals surface area contributed by atoms with Crippen molar-refractivity contribution in [1.82, 2.24) is 15.2 Å². The van der Waals surface area contributed by atoms with Crippen LogP contribution in [0.4, 0.5) is 14.9 Å². The summed E-state index contributed by atoms with van der Waals surface area (Å²) in [6.07, 6.45) is -0.515. The van der Waals surface area contributed by atoms with E-state index in [2.05, 4.69) is 20.3 Å². The van der Waals surface area contributed by atoms with Gasteiger partial charge in [-0.05, 0) is 57.0 Å². The first kappa shape index (κ1) is 32.1. The standard InChI is InChI=1S/C29H38FN7O5/c1-16(34-35-31)22(32-24(38)17(2)36(8)27(41)42-28(3,4)5)26(40)37-15-29(6,7)23-21(37)14-19(25(39)33-23)13-18-9-11-20(30)12-10-18/h9-12,14,16-17,22H,13,15H2,1-8H3,(H,32,38)(H,33,39)/t16-,17-,22-/m0/s1. The second kappa shape index (κ2) is 12.2. The molecular weight excluding hydrogens is 545 g/mol. The van der Waals surface area contributed by atoms with Gasteiger partial charge in [0.15, 0.2) is 0 Å². The summed E-state index contributed by atoms with van der Waals surface area (Å²) in [7, 11) is 1.41. The van der Waals surface area contributed by atoms with E-state index in [9.17, 15) is 23.6 Å². The Kier molecular flexibility index (Phi) is 9.36. The lowest BCUT2D eigenvalue weighted by Gasteiger charge is -2.31. The van der Waals surface area contributed by atoms with E-state index < -0.39 is 52.9 Å². The predicted molar refractivity (Wildman–Crippen MR) is 156 cm³/mol. The summed E-state index contributed by atoms with van der Waals surface area (Å²) in [5.74, 6) is -1.60. The molecule has 3 amide bonds. The number of hydrogen-bond donors (Lipinski definition) is 2. The molecule has 0 bridgehead atoms. The van der Waals surface area contributed by atoms with Gasteiger partial charge in [0.2, 0.25) is 11.8 Å². The maximum absolute atomic E-state index is 14.0. The van der Waals surface area contributed by atoms with Crippen molar-refractivity contribution in [2.45, 2.75) is 84.0 Å². The number of fused-ring (bicyclic) bond motifs is 1. The molecule has 1 aromatic heterocycles. The van der Waals surface area contributed by atoms with E-state index in [1.54, 1.807) is 39.0 Å². The SMILES string of the molecule is C[C@H](N=[N+]=[N-])[C@H](NC(=O)[C@H](C)N(C)C(=O)OC(C)(C)C)C(=O)N1CC(C)(C)c2[nH]c(=O)c(Cc3ccc(F)cc3)cc21. The molecule has 1 aliphatic rings. The normalized spacial score (nSPS) is 16.0. The number of aromatic amines is 1. The molecule has 0 unspecified atom stereocenters. The van der Waals surface area contributed by atoms with E-state index in [0.717, 1.165) is 4.90 Å². The average molecular weight is 584 g/mol. The van der Waals surface area contributed by atoms with Gasteiger partial charge in [0.05, 0.1) is 11.7 Å². The molecule has 1 aromatic carbocycles. The van der Waals surface area contributed by atoms with Crippen molar-refractivity contribution < 1.29 is 23.5 Å². The largest absolute Gasteiger partial charge is 0.444 e. The van der Waals surface area contributed by atoms with E-state index in [-0.39, 0.29) is 18.5 Å². The third-order valence-corrected chi connectivity index (χ3v) is 7.11. The molecular formula is C29H38FN7O5. The number of H-pyrrole nitrogens is 1. The van der Waals surface area contributed by atoms with Crippen molar-refractivity contribution in [1.29, 1.82) is 0 Å². The molecule has 3 rings (SSSR count). The molecule has 0 spiro atoms. The smallest absolute Gasteiger partial charge is 0.410 e. The Morgan fingerprint density at radius 3 is 2.43 bits per heavy atom. The zero-order valence-electron chi connectivity index (χ0n) is 25.2. The highest BCUT2D eigenvalue weighted by Crippen LogP contribution is 2.39. The molecule has 0 saturated heterocycles. The highest BCUT2D eigenvalue weighted by Gasteiger charge is 2.43. The number of aromatic nitrogens is 1. The molecule has 2 heterocycles. The number of hydrogen-bond acceptors (Lipinski definition) is 6. The molecule has 0 aliphatic carbocycles. The average Bonchev–Trinajstić information content (AvgIpc) is 3.15. The van der Waals surface area contributed by atoms with Gasteiger partial charge in [0, 0.05) is 41.6 Å². The fourth-order valence-electron chi connectivity index (χ4n) is 4.65. The van der Waals surface area contributed by atoms with Gasteiger partial charge in [-0.15, -0.1) is 0 Å². The summed E-state index contributed by atoms with van der Waals surface area (Å²) < 4.78 is 18.7. The lowest BCUT2D eigenvalue weighted by molar-refractivity contribution is -0.130. The van der Waals surface area contributed by atoms with Gasteiger partial charge in [-0.2, -0.15) is 0 Å². The van der Waals surface area contributed by atoms with Crippen molar-refractivity contribution in [3.63, 3.8) is 0 Å². The van der Waals surface area contributed by atoms with Gasteiger partial charge in [-0.1, -0.05) is 38.0 Å². The summed E-state index contributed by atoms with van der Waals surface area (Å²) >= 11 is 0. The van der Waals surface area contributed by atoms with E-state index >= 15 is 0 Å². The molecule has 0 radical (unpaired) electrons. The Balaban J connectivity index is 1.94. The molecule has 0 fully saturated rings. The number of rotatable bonds is 8. The van der Waals surface area contributed by atoms with E-state index in [1.807, 2.05) is 13.8 Å². The number of ether oxygens (including phenoxy) is 1. The van der Waals surface area contributed by atoms with Crippen LogP contribution in [0.25, 0.3) is 10.4 Å². The van der Waals surface area contributed by atoms with Crippen LogP contribution in [0.1, 0.15) is 65.3 Å². The number of amides is 3. The minimum Gasteiger partial charge on any atom is -0.444 e. The second-order valence-electron chi connectivity index (χ2n) is 12.2. The van der Waals surface area contributed by atoms with E-state index in [1.165, 1.54) is 37.9 Å². The van der Waals surface area contributed by atoms with Crippen LogP contribution >= 0.6 is 0 Å². The van der Waals surface area contributed by atoms with Gasteiger partial charge in [-0.3, -0.25) is 19.3 Å². The first-order valence-electron chi connectivity index (χ1n) is 13.6. The van der Waals surface area contributed by atoms with Crippen molar-refractivity contribution in [3.05, 3.63) is 73.8 Å². The van der Waals surface area contributed by atoms with Crippen molar-refractivity contribution in [2.75, 3.05) is 18.5 Å². The molecule has 13 heteroatoms. The summed E-state index contributed by atoms with van der Waals surface area (Å²) in [6, 6.07) is 4.11. The maximum Gasteiger partial charge on any atom is 0.410 e. The quantitative estimate of drug-likeness (QED) is 0.271. The van der Waals surface area contributed by atoms with Crippen LogP contribution in [0.15, 0.2) is 40.2 Å². The molecule has 3 atom stereocenters. The lowest BCUT2D eigenvalue weighted by Crippen LogP contribution is -2.57. The van der Waals surface area contributed by atoms with Crippen LogP contribution in [0, 0.1) is 5.82 Å². The topological polar surface area (TPSA) is 161 Å². The highest BCUT2D eigenvalue weighted by atomic mass is 19.1. The van der Waals surface area contributed by atoms with Gasteiger partial charge < -0.3 is 19.9 Å². The van der Waals surface area contributed by atoms with Crippen LogP contribution < -0.4 is 15.8 Å². The third kappa shape index (κ3) is 7.27. The van der Waals surface area contributed by atoms with Crippen LogP contribution in [-0.4, -0.2) is 65.1 Å². The summed E-state index contributed by atoms with van der Waals surface area (Å²) in [6.45, 7) is 12.0. The Hall–Kier alpha value is -4.38. The van der Waals surface area contributed by atoms with Gasteiger partial charge in [-0.25, -0.2) is 9.18 Å². The van der Waals surface area contributed by atoms with Crippen molar-refractivity contribution in [3.8, 4) is 0 Å². The van der Waals surface area contributed by atoms with Crippen molar-refractivity contribution >= 4 is 23.6 Å². The highest BCUT2D eigenvalue weighted by molar-refractivity contribution is 6.02. The number of azide groups is 1. The summed E-state index contributed by atoms with van der Waals surface area (Å²) in [5.41, 5.74) is 9.43. The number of carbonyl (C=O) groups is 3. The summed E-state index contributed by atoms with van der Waals surface area (Å²) in [4.78, 5) is 61.1. The van der Waals surface area contributed by atoms with Gasteiger partial charge >= 0.3 is 6.09 Å². The number of pyridine rings is 1. The predicted octanol–water partition coefficient (Wildman–Crippen LogP) is 4.17. The number of anilines is 1. The van der Waals surface area contributed by atoms with Crippen LogP contribution in [-0.2, 0) is 26.2 Å². The van der Waals surface area contributed by atoms with Crippen LogP contribution in [0.3, 0.4) is 0 Å². The third-order valence-electron chi connectivity index (χ3n) is 7.11. The second-order valence-corrected chi connectivity index (χ2v) is 12.2. The van der Waals surface area contributed by atoms with E-state index in [0.29, 0.717) is 22.5 Å². The molecule has 2 aromatic rings. The molecule has 2 N–H and O–H groups in total. The number of benzene rings is 1. The fourth-order valence-corrected chi connectivity index (χ4v) is 4.65. The number of likely N-dealkylation sites (N-methyl/N-ethyl adjacent to an activating group) is 1. The molecule has 42 heavy (non-hydrogen) atoms. The molecule has 1 aliphatic heterocycles. The Morgan fingerprint density at radius 2 is 1.86 bits per heavy atom. The van der Waals surface area contributed by atoms with Gasteiger partial charge in [0.1, 0.15) is 23.5 Å². The Morgan fingerprint density at radius 1 is 1.24 bits per heavy atom. The first-order valence-corrected chi connectivity index (χ1v) is 13.6.